The molecule has 29 heavy (non-hydrogen) atoms. The zero-order chi connectivity index (χ0) is 20.4. The first-order valence-corrected chi connectivity index (χ1v) is 10.4. The molecule has 0 aliphatic heterocycles. The number of nitrogens with zero attached hydrogens (tertiary/aromatic N) is 3. The van der Waals surface area contributed by atoms with Gasteiger partial charge in [-0.15, -0.1) is 11.3 Å². The molecule has 2 aromatic carbocycles. The number of aromatic nitrogens is 2. The molecule has 0 N–H and O–H groups in total. The number of thiazole rings is 1. The summed E-state index contributed by atoms with van der Waals surface area (Å²) in [5.41, 5.74) is 5.20. The zero-order valence-corrected chi connectivity index (χ0v) is 17.8. The maximum absolute atomic E-state index is 9.71. The van der Waals surface area contributed by atoms with Crippen molar-refractivity contribution < 1.29 is 0 Å². The van der Waals surface area contributed by atoms with Crippen LogP contribution in [0.4, 0.5) is 0 Å². The lowest BCUT2D eigenvalue weighted by Crippen LogP contribution is -1.95. The lowest BCUT2D eigenvalue weighted by molar-refractivity contribution is 0.924. The Labute approximate surface area is 183 Å². The van der Waals surface area contributed by atoms with Crippen LogP contribution in [0.1, 0.15) is 10.7 Å². The molecule has 4 aromatic rings. The second kappa shape index (κ2) is 8.26. The molecule has 0 unspecified atom stereocenters. The maximum atomic E-state index is 9.71. The van der Waals surface area contributed by atoms with Gasteiger partial charge in [0.05, 0.1) is 11.3 Å². The molecule has 0 aliphatic carbocycles. The molecular weight excluding hydrogens is 421 g/mol. The van der Waals surface area contributed by atoms with Crippen molar-refractivity contribution in [3.63, 3.8) is 0 Å². The Morgan fingerprint density at radius 1 is 1.03 bits per heavy atom. The van der Waals surface area contributed by atoms with Gasteiger partial charge in [0.25, 0.3) is 0 Å². The van der Waals surface area contributed by atoms with Gasteiger partial charge in [-0.1, -0.05) is 53.5 Å². The first kappa shape index (κ1) is 19.5. The van der Waals surface area contributed by atoms with Crippen LogP contribution in [0.25, 0.3) is 34.2 Å². The van der Waals surface area contributed by atoms with Gasteiger partial charge in [0, 0.05) is 45.0 Å². The van der Waals surface area contributed by atoms with Crippen LogP contribution in [0.15, 0.2) is 66.0 Å². The number of hydrogen-bond acceptors (Lipinski definition) is 3. The molecule has 6 heteroatoms. The number of benzene rings is 2. The molecular formula is C23H15Cl2N3S. The molecule has 0 saturated heterocycles. The van der Waals surface area contributed by atoms with Gasteiger partial charge in [-0.05, 0) is 36.4 Å². The Balaban J connectivity index is 1.69. The van der Waals surface area contributed by atoms with Crippen molar-refractivity contribution in [2.24, 2.45) is 7.05 Å². The van der Waals surface area contributed by atoms with Crippen LogP contribution in [0.3, 0.4) is 0 Å². The fraction of sp³-hybridized carbons (Fsp3) is 0.0435. The van der Waals surface area contributed by atoms with Crippen molar-refractivity contribution in [1.82, 2.24) is 9.55 Å². The lowest BCUT2D eigenvalue weighted by Gasteiger charge is -2.07. The summed E-state index contributed by atoms with van der Waals surface area (Å²) in [7, 11) is 1.95. The van der Waals surface area contributed by atoms with Crippen LogP contribution in [-0.4, -0.2) is 9.55 Å². The minimum Gasteiger partial charge on any atom is -0.344 e. The second-order valence-corrected chi connectivity index (χ2v) is 8.17. The van der Waals surface area contributed by atoms with Gasteiger partial charge >= 0.3 is 0 Å². The van der Waals surface area contributed by atoms with E-state index in [4.69, 9.17) is 23.2 Å². The highest BCUT2D eigenvalue weighted by atomic mass is 35.5. The van der Waals surface area contributed by atoms with Crippen molar-refractivity contribution in [3.8, 4) is 28.6 Å². The third-order valence-electron chi connectivity index (χ3n) is 4.54. The second-order valence-electron chi connectivity index (χ2n) is 6.43. The van der Waals surface area contributed by atoms with Gasteiger partial charge in [0.2, 0.25) is 0 Å². The molecule has 2 aromatic heterocycles. The van der Waals surface area contributed by atoms with E-state index in [0.717, 1.165) is 28.2 Å². The van der Waals surface area contributed by atoms with Gasteiger partial charge in [-0.2, -0.15) is 5.26 Å². The van der Waals surface area contributed by atoms with Crippen LogP contribution >= 0.6 is 34.5 Å². The number of rotatable bonds is 4. The Hall–Kier alpha value is -2.84. The molecule has 142 valence electrons. The Kier molecular flexibility index (Phi) is 5.55. The normalized spacial score (nSPS) is 11.4. The SMILES string of the molecule is Cn1c(/C=C(\C#N)c2nc(-c3ccccc3)cs2)ccc1-c1cc(Cl)cc(Cl)c1. The quantitative estimate of drug-likeness (QED) is 0.318. The average molecular weight is 436 g/mol. The molecule has 0 amide bonds. The Morgan fingerprint density at radius 3 is 2.45 bits per heavy atom. The predicted molar refractivity (Wildman–Crippen MR) is 122 cm³/mol. The van der Waals surface area contributed by atoms with E-state index in [1.807, 2.05) is 77.7 Å². The fourth-order valence-corrected chi connectivity index (χ4v) is 4.41. The summed E-state index contributed by atoms with van der Waals surface area (Å²) < 4.78 is 2.01. The molecule has 0 atom stereocenters. The van der Waals surface area contributed by atoms with Crippen LogP contribution in [0.2, 0.25) is 10.0 Å². The van der Waals surface area contributed by atoms with E-state index in [0.29, 0.717) is 20.6 Å². The van der Waals surface area contributed by atoms with E-state index < -0.39 is 0 Å². The number of nitriles is 1. The largest absolute Gasteiger partial charge is 0.344 e. The van der Waals surface area contributed by atoms with Crippen molar-refractivity contribution >= 4 is 46.2 Å². The van der Waals surface area contributed by atoms with E-state index in [9.17, 15) is 5.26 Å². The topological polar surface area (TPSA) is 41.6 Å². The smallest absolute Gasteiger partial charge is 0.134 e. The van der Waals surface area contributed by atoms with Gasteiger partial charge in [0.1, 0.15) is 11.1 Å². The van der Waals surface area contributed by atoms with Crippen LogP contribution < -0.4 is 0 Å². The lowest BCUT2D eigenvalue weighted by atomic mass is 10.1. The third kappa shape index (κ3) is 4.13. The van der Waals surface area contributed by atoms with Crippen molar-refractivity contribution in [1.29, 1.82) is 5.26 Å². The van der Waals surface area contributed by atoms with E-state index in [1.165, 1.54) is 11.3 Å². The molecule has 0 aliphatic rings. The Bertz CT molecular complexity index is 1230. The summed E-state index contributed by atoms with van der Waals surface area (Å²) in [6.07, 6.45) is 1.85. The average Bonchev–Trinajstić information content (AvgIpc) is 3.33. The van der Waals surface area contributed by atoms with Gasteiger partial charge in [-0.25, -0.2) is 4.98 Å². The number of hydrogen-bond donors (Lipinski definition) is 0. The molecule has 0 bridgehead atoms. The summed E-state index contributed by atoms with van der Waals surface area (Å²) in [6, 6.07) is 21.6. The summed E-state index contributed by atoms with van der Waals surface area (Å²) in [4.78, 5) is 4.65. The van der Waals surface area contributed by atoms with Gasteiger partial charge in [-0.3, -0.25) is 0 Å². The zero-order valence-electron chi connectivity index (χ0n) is 15.4. The molecule has 0 saturated carbocycles. The maximum Gasteiger partial charge on any atom is 0.134 e. The number of halogens is 2. The van der Waals surface area contributed by atoms with Crippen molar-refractivity contribution in [2.75, 3.05) is 0 Å². The molecule has 3 nitrogen and oxygen atoms in total. The summed E-state index contributed by atoms with van der Waals surface area (Å²) >= 11 is 13.7. The highest BCUT2D eigenvalue weighted by Crippen LogP contribution is 2.31. The van der Waals surface area contributed by atoms with Crippen LogP contribution in [0, 0.1) is 11.3 Å². The first-order valence-electron chi connectivity index (χ1n) is 8.80. The molecule has 2 heterocycles. The van der Waals surface area contributed by atoms with Crippen molar-refractivity contribution in [3.05, 3.63) is 86.8 Å². The predicted octanol–water partition coefficient (Wildman–Crippen LogP) is 7.19. The minimum atomic E-state index is 0.522. The van der Waals surface area contributed by atoms with E-state index in [1.54, 1.807) is 6.07 Å². The summed E-state index contributed by atoms with van der Waals surface area (Å²) in [6.45, 7) is 0. The molecule has 0 fully saturated rings. The minimum absolute atomic E-state index is 0.522. The highest BCUT2D eigenvalue weighted by molar-refractivity contribution is 7.11. The molecule has 0 radical (unpaired) electrons. The van der Waals surface area contributed by atoms with E-state index in [-0.39, 0.29) is 0 Å². The number of allylic oxidation sites excluding steroid dienone is 1. The van der Waals surface area contributed by atoms with Crippen molar-refractivity contribution in [2.45, 2.75) is 0 Å². The van der Waals surface area contributed by atoms with Crippen LogP contribution in [0.5, 0.6) is 0 Å². The monoisotopic (exact) mass is 435 g/mol. The molecule has 4 rings (SSSR count). The van der Waals surface area contributed by atoms with E-state index >= 15 is 0 Å². The third-order valence-corrected chi connectivity index (χ3v) is 5.85. The van der Waals surface area contributed by atoms with Gasteiger partial charge in [0.15, 0.2) is 0 Å². The molecule has 0 spiro atoms. The first-order chi connectivity index (χ1) is 14.0. The van der Waals surface area contributed by atoms with E-state index in [2.05, 4.69) is 11.1 Å². The fourth-order valence-electron chi connectivity index (χ4n) is 3.09. The highest BCUT2D eigenvalue weighted by Gasteiger charge is 2.12. The summed E-state index contributed by atoms with van der Waals surface area (Å²) in [5.74, 6) is 0. The van der Waals surface area contributed by atoms with Gasteiger partial charge < -0.3 is 4.57 Å². The standard InChI is InChI=1S/C23H15Cl2N3S/c1-28-20(7-8-22(28)16-9-18(24)12-19(25)10-16)11-17(13-26)23-27-21(14-29-23)15-5-3-2-4-6-15/h2-12,14H,1H3/b17-11+. The Morgan fingerprint density at radius 2 is 1.76 bits per heavy atom. The summed E-state index contributed by atoms with van der Waals surface area (Å²) in [5, 5.41) is 13.5. The van der Waals surface area contributed by atoms with Crippen LogP contribution in [-0.2, 0) is 7.05 Å².